The first-order chi connectivity index (χ1) is 15.9. The molecule has 0 saturated carbocycles. The second-order valence-electron chi connectivity index (χ2n) is 8.44. The van der Waals surface area contributed by atoms with Crippen LogP contribution in [0.5, 0.6) is 0 Å². The van der Waals surface area contributed by atoms with Crippen molar-refractivity contribution in [2.75, 3.05) is 11.1 Å². The number of rotatable bonds is 3. The van der Waals surface area contributed by atoms with E-state index in [1.807, 2.05) is 50.2 Å². The van der Waals surface area contributed by atoms with Gasteiger partial charge in [0.1, 0.15) is 5.82 Å². The molecule has 1 atom stereocenters. The second kappa shape index (κ2) is 8.48. The summed E-state index contributed by atoms with van der Waals surface area (Å²) in [4.78, 5) is 22.1. The number of benzene rings is 2. The summed E-state index contributed by atoms with van der Waals surface area (Å²) in [5, 5.41) is 8.03. The van der Waals surface area contributed by atoms with Crippen LogP contribution in [0.1, 0.15) is 38.9 Å². The Kier molecular flexibility index (Phi) is 5.50. The lowest BCUT2D eigenvalue weighted by Crippen LogP contribution is -2.17. The fourth-order valence-corrected chi connectivity index (χ4v) is 5.55. The van der Waals surface area contributed by atoms with Gasteiger partial charge in [-0.1, -0.05) is 54.1 Å². The quantitative estimate of drug-likeness (QED) is 0.452. The number of carbonyl (C=O) groups is 1. The molecule has 2 aromatic carbocycles. The first-order valence-corrected chi connectivity index (χ1v) is 11.9. The van der Waals surface area contributed by atoms with Crippen molar-refractivity contribution in [3.8, 4) is 17.2 Å². The van der Waals surface area contributed by atoms with Crippen LogP contribution < -0.4 is 5.32 Å². The lowest BCUT2D eigenvalue weighted by Gasteiger charge is -2.19. The van der Waals surface area contributed by atoms with Gasteiger partial charge in [-0.15, -0.1) is 11.8 Å². The van der Waals surface area contributed by atoms with Crippen molar-refractivity contribution in [1.29, 1.82) is 0 Å². The van der Waals surface area contributed by atoms with E-state index in [-0.39, 0.29) is 11.2 Å². The highest BCUT2D eigenvalue weighted by molar-refractivity contribution is 8.00. The fourth-order valence-electron chi connectivity index (χ4n) is 4.33. The van der Waals surface area contributed by atoms with Crippen molar-refractivity contribution in [2.45, 2.75) is 32.9 Å². The van der Waals surface area contributed by atoms with Gasteiger partial charge in [0.25, 0.3) is 5.95 Å². The van der Waals surface area contributed by atoms with Gasteiger partial charge in [-0.2, -0.15) is 9.78 Å². The van der Waals surface area contributed by atoms with Crippen molar-refractivity contribution in [2.24, 2.45) is 0 Å². The number of nitrogens with one attached hydrogen (secondary N) is 1. The number of thioether (sulfide) groups is 1. The number of hydrogen-bond acceptors (Lipinski definition) is 5. The van der Waals surface area contributed by atoms with Crippen LogP contribution in [0.25, 0.3) is 17.2 Å². The SMILES string of the molecule is Cc1ccc([C@@H]2SCC(=O)Nc3c2c(-c2ccccc2)nn3-c2nc(C)cc(C)n2)c(C)c1. The van der Waals surface area contributed by atoms with Crippen LogP contribution in [0.3, 0.4) is 0 Å². The molecule has 4 aromatic rings. The summed E-state index contributed by atoms with van der Waals surface area (Å²) in [5.41, 5.74) is 8.09. The number of aryl methyl sites for hydroxylation is 4. The molecule has 0 aliphatic carbocycles. The molecule has 6 nitrogen and oxygen atoms in total. The third-order valence-electron chi connectivity index (χ3n) is 5.74. The Balaban J connectivity index is 1.82. The molecule has 1 aliphatic rings. The van der Waals surface area contributed by atoms with Crippen LogP contribution in [-0.2, 0) is 4.79 Å². The van der Waals surface area contributed by atoms with Gasteiger partial charge in [0, 0.05) is 22.5 Å². The Hall–Kier alpha value is -3.45. The Morgan fingerprint density at radius 3 is 2.39 bits per heavy atom. The zero-order chi connectivity index (χ0) is 23.1. The molecule has 1 aliphatic heterocycles. The number of fused-ring (bicyclic) bond motifs is 1. The van der Waals surface area contributed by atoms with Gasteiger partial charge in [-0.25, -0.2) is 9.97 Å². The van der Waals surface area contributed by atoms with Crippen molar-refractivity contribution in [1.82, 2.24) is 19.7 Å². The highest BCUT2D eigenvalue weighted by Crippen LogP contribution is 2.47. The Morgan fingerprint density at radius 2 is 1.70 bits per heavy atom. The summed E-state index contributed by atoms with van der Waals surface area (Å²) in [5.74, 6) is 1.39. The van der Waals surface area contributed by atoms with Crippen LogP contribution in [0.15, 0.2) is 54.6 Å². The smallest absolute Gasteiger partial charge is 0.252 e. The van der Waals surface area contributed by atoms with Gasteiger partial charge in [0.05, 0.1) is 16.7 Å². The average Bonchev–Trinajstić information content (AvgIpc) is 3.05. The van der Waals surface area contributed by atoms with E-state index in [0.29, 0.717) is 17.5 Å². The topological polar surface area (TPSA) is 72.7 Å². The maximum atomic E-state index is 12.8. The van der Waals surface area contributed by atoms with Gasteiger partial charge < -0.3 is 5.32 Å². The van der Waals surface area contributed by atoms with Crippen molar-refractivity contribution >= 4 is 23.5 Å². The van der Waals surface area contributed by atoms with Crippen LogP contribution in [0, 0.1) is 27.7 Å². The summed E-state index contributed by atoms with van der Waals surface area (Å²) in [7, 11) is 0. The molecular weight excluding hydrogens is 430 g/mol. The van der Waals surface area contributed by atoms with Gasteiger partial charge >= 0.3 is 0 Å². The average molecular weight is 456 g/mol. The van der Waals surface area contributed by atoms with Crippen LogP contribution >= 0.6 is 11.8 Å². The molecule has 0 unspecified atom stereocenters. The molecule has 7 heteroatoms. The maximum absolute atomic E-state index is 12.8. The van der Waals surface area contributed by atoms with Crippen LogP contribution in [0.2, 0.25) is 0 Å². The third kappa shape index (κ3) is 4.04. The predicted molar refractivity (Wildman–Crippen MR) is 133 cm³/mol. The lowest BCUT2D eigenvalue weighted by molar-refractivity contribution is -0.113. The Morgan fingerprint density at radius 1 is 0.970 bits per heavy atom. The number of hydrogen-bond donors (Lipinski definition) is 1. The van der Waals surface area contributed by atoms with Gasteiger partial charge in [-0.05, 0) is 44.9 Å². The highest BCUT2D eigenvalue weighted by Gasteiger charge is 2.33. The van der Waals surface area contributed by atoms with E-state index in [0.717, 1.165) is 28.2 Å². The molecule has 5 rings (SSSR count). The zero-order valence-corrected chi connectivity index (χ0v) is 19.9. The number of aromatic nitrogens is 4. The number of amides is 1. The number of carbonyl (C=O) groups excluding carboxylic acids is 1. The molecule has 0 saturated heterocycles. The van der Waals surface area contributed by atoms with E-state index < -0.39 is 0 Å². The van der Waals surface area contributed by atoms with Crippen molar-refractivity contribution in [3.05, 3.63) is 88.2 Å². The van der Waals surface area contributed by atoms with Crippen LogP contribution in [-0.4, -0.2) is 31.4 Å². The standard InChI is InChI=1S/C26H25N5OS/c1-15-10-11-20(16(2)12-15)24-22-23(19-8-6-5-7-9-19)30-31(25(22)29-21(32)14-33-24)26-27-17(3)13-18(4)28-26/h5-13,24H,14H2,1-4H3,(H,29,32)/t24-/m0/s1. The van der Waals surface area contributed by atoms with Gasteiger partial charge in [-0.3, -0.25) is 4.79 Å². The number of nitrogens with zero attached hydrogens (tertiary/aromatic N) is 4. The van der Waals surface area contributed by atoms with Gasteiger partial charge in [0.2, 0.25) is 5.91 Å². The van der Waals surface area contributed by atoms with E-state index in [1.165, 1.54) is 16.7 Å². The number of anilines is 1. The molecule has 1 amide bonds. The zero-order valence-electron chi connectivity index (χ0n) is 19.1. The van der Waals surface area contributed by atoms with E-state index in [2.05, 4.69) is 47.3 Å². The van der Waals surface area contributed by atoms with E-state index >= 15 is 0 Å². The first-order valence-electron chi connectivity index (χ1n) is 10.9. The minimum Gasteiger partial charge on any atom is -0.309 e. The molecule has 0 fully saturated rings. The predicted octanol–water partition coefficient (Wildman–Crippen LogP) is 5.34. The van der Waals surface area contributed by atoms with E-state index in [9.17, 15) is 4.79 Å². The maximum Gasteiger partial charge on any atom is 0.252 e. The second-order valence-corrected chi connectivity index (χ2v) is 9.53. The molecule has 0 spiro atoms. The molecule has 33 heavy (non-hydrogen) atoms. The Labute approximate surface area is 197 Å². The minimum atomic E-state index is -0.0607. The summed E-state index contributed by atoms with van der Waals surface area (Å²) in [6.07, 6.45) is 0. The largest absolute Gasteiger partial charge is 0.309 e. The molecule has 0 radical (unpaired) electrons. The van der Waals surface area contributed by atoms with E-state index in [4.69, 9.17) is 5.10 Å². The summed E-state index contributed by atoms with van der Waals surface area (Å²) in [6, 6.07) is 18.5. The summed E-state index contributed by atoms with van der Waals surface area (Å²) in [6.45, 7) is 8.09. The highest BCUT2D eigenvalue weighted by atomic mass is 32.2. The molecular formula is C26H25N5OS. The monoisotopic (exact) mass is 455 g/mol. The van der Waals surface area contributed by atoms with Crippen molar-refractivity contribution < 1.29 is 4.79 Å². The third-order valence-corrected chi connectivity index (χ3v) is 6.99. The molecule has 3 heterocycles. The van der Waals surface area contributed by atoms with Crippen LogP contribution in [0.4, 0.5) is 5.82 Å². The minimum absolute atomic E-state index is 0.0568. The van der Waals surface area contributed by atoms with E-state index in [1.54, 1.807) is 16.4 Å². The van der Waals surface area contributed by atoms with Gasteiger partial charge in [0.15, 0.2) is 0 Å². The van der Waals surface area contributed by atoms with Crippen molar-refractivity contribution in [3.63, 3.8) is 0 Å². The lowest BCUT2D eigenvalue weighted by atomic mass is 9.96. The molecule has 166 valence electrons. The normalized spacial score (nSPS) is 15.6. The first kappa shape index (κ1) is 21.4. The summed E-state index contributed by atoms with van der Waals surface area (Å²) >= 11 is 1.63. The Bertz CT molecular complexity index is 1340. The molecule has 1 N–H and O–H groups in total. The fraction of sp³-hybridized carbons (Fsp3) is 0.231. The molecule has 0 bridgehead atoms. The summed E-state index contributed by atoms with van der Waals surface area (Å²) < 4.78 is 1.69. The molecule has 2 aromatic heterocycles.